The maximum atomic E-state index is 5.66. The predicted molar refractivity (Wildman–Crippen MR) is 61.5 cm³/mol. The third-order valence-electron chi connectivity index (χ3n) is 3.60. The number of aryl methyl sites for hydroxylation is 1. The molecule has 0 atom stereocenters. The van der Waals surface area contributed by atoms with Crippen LogP contribution in [0.15, 0.2) is 6.20 Å². The average Bonchev–Trinajstić information content (AvgIpc) is 2.61. The van der Waals surface area contributed by atoms with Gasteiger partial charge in [-0.15, -0.1) is 0 Å². The molecule has 2 N–H and O–H groups in total. The van der Waals surface area contributed by atoms with Crippen molar-refractivity contribution in [1.29, 1.82) is 0 Å². The molecule has 0 saturated heterocycles. The number of aromatic nitrogens is 2. The zero-order chi connectivity index (χ0) is 10.8. The lowest BCUT2D eigenvalue weighted by molar-refractivity contribution is 0.273. The summed E-state index contributed by atoms with van der Waals surface area (Å²) in [5.41, 5.74) is 7.94. The second kappa shape index (κ2) is 4.35. The van der Waals surface area contributed by atoms with Gasteiger partial charge in [-0.25, -0.2) is 0 Å². The van der Waals surface area contributed by atoms with Gasteiger partial charge in [0.05, 0.1) is 11.7 Å². The van der Waals surface area contributed by atoms with Crippen LogP contribution in [0.1, 0.15) is 49.9 Å². The first kappa shape index (κ1) is 10.7. The molecule has 0 bridgehead atoms. The van der Waals surface area contributed by atoms with Crippen LogP contribution in [0.3, 0.4) is 0 Å². The predicted octanol–water partition coefficient (Wildman–Crippen LogP) is 2.40. The molecule has 1 aliphatic rings. The van der Waals surface area contributed by atoms with E-state index in [1.54, 1.807) is 0 Å². The maximum Gasteiger partial charge on any atom is 0.0638 e. The Morgan fingerprint density at radius 3 is 2.60 bits per heavy atom. The lowest BCUT2D eigenvalue weighted by atomic mass is 9.87. The van der Waals surface area contributed by atoms with Gasteiger partial charge < -0.3 is 5.73 Å². The van der Waals surface area contributed by atoms with E-state index in [2.05, 4.69) is 22.9 Å². The summed E-state index contributed by atoms with van der Waals surface area (Å²) in [4.78, 5) is 0. The zero-order valence-electron chi connectivity index (χ0n) is 9.74. The maximum absolute atomic E-state index is 5.66. The van der Waals surface area contributed by atoms with Crippen LogP contribution >= 0.6 is 0 Å². The van der Waals surface area contributed by atoms with Crippen molar-refractivity contribution in [3.05, 3.63) is 17.5 Å². The molecule has 1 heterocycles. The fraction of sp³-hybridized carbons (Fsp3) is 0.750. The minimum Gasteiger partial charge on any atom is -0.326 e. The molecule has 1 aromatic heterocycles. The Labute approximate surface area is 91.7 Å². The number of hydrogen-bond donors (Lipinski definition) is 1. The van der Waals surface area contributed by atoms with Gasteiger partial charge in [0.2, 0.25) is 0 Å². The van der Waals surface area contributed by atoms with Crippen molar-refractivity contribution in [3.63, 3.8) is 0 Å². The molecule has 84 valence electrons. The molecule has 3 heteroatoms. The molecular weight excluding hydrogens is 186 g/mol. The van der Waals surface area contributed by atoms with Gasteiger partial charge in [0, 0.05) is 18.3 Å². The number of hydrogen-bond acceptors (Lipinski definition) is 2. The van der Waals surface area contributed by atoms with E-state index in [0.29, 0.717) is 12.6 Å². The third-order valence-corrected chi connectivity index (χ3v) is 3.60. The monoisotopic (exact) mass is 207 g/mol. The van der Waals surface area contributed by atoms with Crippen molar-refractivity contribution in [2.45, 2.75) is 52.1 Å². The molecule has 1 aliphatic carbocycles. The van der Waals surface area contributed by atoms with E-state index in [1.807, 2.05) is 6.92 Å². The first-order chi connectivity index (χ1) is 7.20. The number of nitrogens with two attached hydrogens (primary N) is 1. The quantitative estimate of drug-likeness (QED) is 0.809. The third kappa shape index (κ3) is 2.23. The Hall–Kier alpha value is -0.830. The molecule has 0 aromatic carbocycles. The van der Waals surface area contributed by atoms with Gasteiger partial charge in [0.15, 0.2) is 0 Å². The molecule has 3 nitrogen and oxygen atoms in total. The minimum absolute atomic E-state index is 0.606. The SMILES string of the molecule is Cc1nn(C2CCC(C)CC2)cc1CN. The van der Waals surface area contributed by atoms with Crippen molar-refractivity contribution in [2.24, 2.45) is 11.7 Å². The van der Waals surface area contributed by atoms with Crippen LogP contribution in [0.5, 0.6) is 0 Å². The Balaban J connectivity index is 2.09. The van der Waals surface area contributed by atoms with Crippen LogP contribution in [-0.4, -0.2) is 9.78 Å². The fourth-order valence-corrected chi connectivity index (χ4v) is 2.41. The first-order valence-corrected chi connectivity index (χ1v) is 5.95. The molecule has 15 heavy (non-hydrogen) atoms. The standard InChI is InChI=1S/C12H21N3/c1-9-3-5-12(6-4-9)15-8-11(7-13)10(2)14-15/h8-9,12H,3-7,13H2,1-2H3. The van der Waals surface area contributed by atoms with E-state index in [9.17, 15) is 0 Å². The molecule has 1 saturated carbocycles. The van der Waals surface area contributed by atoms with Crippen molar-refractivity contribution >= 4 is 0 Å². The molecule has 2 rings (SSSR count). The molecule has 0 radical (unpaired) electrons. The Morgan fingerprint density at radius 1 is 1.40 bits per heavy atom. The van der Waals surface area contributed by atoms with Crippen LogP contribution in [0.4, 0.5) is 0 Å². The van der Waals surface area contributed by atoms with E-state index < -0.39 is 0 Å². The van der Waals surface area contributed by atoms with Crippen LogP contribution in [0.2, 0.25) is 0 Å². The van der Waals surface area contributed by atoms with E-state index in [0.717, 1.165) is 11.6 Å². The normalized spacial score (nSPS) is 26.9. The van der Waals surface area contributed by atoms with Crippen LogP contribution < -0.4 is 5.73 Å². The van der Waals surface area contributed by atoms with E-state index in [1.165, 1.54) is 31.2 Å². The lowest BCUT2D eigenvalue weighted by Gasteiger charge is -2.26. The van der Waals surface area contributed by atoms with Gasteiger partial charge in [-0.2, -0.15) is 5.10 Å². The molecule has 0 aliphatic heterocycles. The Kier molecular flexibility index (Phi) is 3.10. The van der Waals surface area contributed by atoms with Gasteiger partial charge in [-0.1, -0.05) is 6.92 Å². The van der Waals surface area contributed by atoms with E-state index >= 15 is 0 Å². The summed E-state index contributed by atoms with van der Waals surface area (Å²) in [5, 5.41) is 4.57. The summed E-state index contributed by atoms with van der Waals surface area (Å²) >= 11 is 0. The number of rotatable bonds is 2. The zero-order valence-corrected chi connectivity index (χ0v) is 9.74. The van der Waals surface area contributed by atoms with Crippen LogP contribution in [-0.2, 0) is 6.54 Å². The second-order valence-corrected chi connectivity index (χ2v) is 4.84. The summed E-state index contributed by atoms with van der Waals surface area (Å²) in [6.07, 6.45) is 7.34. The summed E-state index contributed by atoms with van der Waals surface area (Å²) in [6.45, 7) is 5.00. The smallest absolute Gasteiger partial charge is 0.0638 e. The van der Waals surface area contributed by atoms with Crippen molar-refractivity contribution < 1.29 is 0 Å². The molecule has 1 aromatic rings. The van der Waals surface area contributed by atoms with Gasteiger partial charge >= 0.3 is 0 Å². The van der Waals surface area contributed by atoms with Crippen LogP contribution in [0, 0.1) is 12.8 Å². The summed E-state index contributed by atoms with van der Waals surface area (Å²) in [6, 6.07) is 0.611. The highest BCUT2D eigenvalue weighted by atomic mass is 15.3. The molecule has 1 fully saturated rings. The molecule has 0 amide bonds. The Bertz CT molecular complexity index is 322. The highest BCUT2D eigenvalue weighted by Crippen LogP contribution is 2.31. The van der Waals surface area contributed by atoms with Crippen molar-refractivity contribution in [2.75, 3.05) is 0 Å². The Morgan fingerprint density at radius 2 is 2.07 bits per heavy atom. The van der Waals surface area contributed by atoms with Crippen LogP contribution in [0.25, 0.3) is 0 Å². The first-order valence-electron chi connectivity index (χ1n) is 5.95. The largest absolute Gasteiger partial charge is 0.326 e. The summed E-state index contributed by atoms with van der Waals surface area (Å²) in [7, 11) is 0. The topological polar surface area (TPSA) is 43.8 Å². The van der Waals surface area contributed by atoms with Gasteiger partial charge in [-0.05, 0) is 38.5 Å². The molecule has 0 unspecified atom stereocenters. The highest BCUT2D eigenvalue weighted by molar-refractivity contribution is 5.15. The van der Waals surface area contributed by atoms with Crippen molar-refractivity contribution in [1.82, 2.24) is 9.78 Å². The fourth-order valence-electron chi connectivity index (χ4n) is 2.41. The van der Waals surface area contributed by atoms with Gasteiger partial charge in [0.25, 0.3) is 0 Å². The summed E-state index contributed by atoms with van der Waals surface area (Å²) in [5.74, 6) is 0.895. The molecular formula is C12H21N3. The van der Waals surface area contributed by atoms with Gasteiger partial charge in [-0.3, -0.25) is 4.68 Å². The van der Waals surface area contributed by atoms with E-state index in [-0.39, 0.29) is 0 Å². The van der Waals surface area contributed by atoms with E-state index in [4.69, 9.17) is 5.73 Å². The highest BCUT2D eigenvalue weighted by Gasteiger charge is 2.20. The lowest BCUT2D eigenvalue weighted by Crippen LogP contribution is -2.17. The average molecular weight is 207 g/mol. The number of nitrogens with zero attached hydrogens (tertiary/aromatic N) is 2. The van der Waals surface area contributed by atoms with Crippen molar-refractivity contribution in [3.8, 4) is 0 Å². The second-order valence-electron chi connectivity index (χ2n) is 4.84. The molecule has 0 spiro atoms. The van der Waals surface area contributed by atoms with Gasteiger partial charge in [0.1, 0.15) is 0 Å². The summed E-state index contributed by atoms with van der Waals surface area (Å²) < 4.78 is 2.14. The minimum atomic E-state index is 0.606.